The van der Waals surface area contributed by atoms with Crippen LogP contribution in [-0.4, -0.2) is 135 Å². The topological polar surface area (TPSA) is 190 Å². The van der Waals surface area contributed by atoms with Crippen molar-refractivity contribution in [3.8, 4) is 0 Å². The van der Waals surface area contributed by atoms with E-state index in [0.29, 0.717) is 51.4 Å². The number of hydrogen-bond donors (Lipinski definition) is 1. The maximum absolute atomic E-state index is 11.9. The third kappa shape index (κ3) is 80.9. The summed E-state index contributed by atoms with van der Waals surface area (Å²) in [5, 5.41) is 3.13. The van der Waals surface area contributed by atoms with E-state index < -0.39 is 0 Å². The summed E-state index contributed by atoms with van der Waals surface area (Å²) in [6.45, 7) is 29.4. The van der Waals surface area contributed by atoms with Gasteiger partial charge in [-0.15, -0.1) is 0 Å². The standard InChI is InChI=1S/C23H42O5.C23H44O4.C8H17NO.C6H15NO.C2H4O.2C2H6.CH2O/c1-3-5-7-9-11-13-17-27-22(25)19-21(15-16-24)20-23(26)28-18-14-12-10-8-6-4-2;1-4-7-9-11-13-15-17-26-22(24)19-21(6-3)20-23(25)27-18-16-14-12-10-8-5-2;1-9-6-4-3-5-8(7-9)10-2;1-4-6(7-2)5-8-3;1-2-3;3*1-2/h16,21H,3-15,17-20H2,1-2H3;21H,4-20H2,1-3H3;8H,3-7H2,1-2H3;6-7H,4-5H2,1-3H3;2H,1H3;2*1-2H3;1H2. The van der Waals surface area contributed by atoms with Crippen LogP contribution >= 0.6 is 0 Å². The number of aldehydes is 2. The van der Waals surface area contributed by atoms with E-state index in [-0.39, 0.29) is 55.0 Å². The van der Waals surface area contributed by atoms with E-state index in [0.717, 1.165) is 89.9 Å². The molecule has 2 atom stereocenters. The molecule has 0 radical (unpaired) electrons. The van der Waals surface area contributed by atoms with E-state index in [4.69, 9.17) is 38.0 Å². The van der Waals surface area contributed by atoms with Gasteiger partial charge in [0.05, 0.1) is 39.1 Å². The van der Waals surface area contributed by atoms with Crippen molar-refractivity contribution in [1.82, 2.24) is 10.2 Å². The average molecular weight is 1180 g/mol. The zero-order valence-electron chi connectivity index (χ0n) is 56.4. The van der Waals surface area contributed by atoms with Crippen LogP contribution in [0.25, 0.3) is 0 Å². The number of nitrogens with one attached hydrogen (secondary N) is 1. The molecule has 2 unspecified atom stereocenters. The van der Waals surface area contributed by atoms with Crippen molar-refractivity contribution in [2.75, 3.05) is 74.4 Å². The molecule has 0 aromatic heterocycles. The predicted octanol–water partition coefficient (Wildman–Crippen LogP) is 16.2. The van der Waals surface area contributed by atoms with E-state index in [1.165, 1.54) is 135 Å². The van der Waals surface area contributed by atoms with Crippen molar-refractivity contribution in [2.45, 2.75) is 307 Å². The molecule has 0 aliphatic carbocycles. The molecule has 1 heterocycles. The maximum atomic E-state index is 11.9. The second-order valence-corrected chi connectivity index (χ2v) is 20.5. The van der Waals surface area contributed by atoms with E-state index >= 15 is 0 Å². The summed E-state index contributed by atoms with van der Waals surface area (Å²) in [4.78, 5) is 77.8. The van der Waals surface area contributed by atoms with Gasteiger partial charge in [-0.2, -0.15) is 0 Å². The molecule has 492 valence electrons. The van der Waals surface area contributed by atoms with E-state index in [1.807, 2.05) is 55.6 Å². The molecule has 1 saturated heterocycles. The Morgan fingerprint density at radius 2 is 0.841 bits per heavy atom. The lowest BCUT2D eigenvalue weighted by molar-refractivity contribution is -0.149. The minimum absolute atomic E-state index is 0.0270. The Balaban J connectivity index is -0.000000190. The Morgan fingerprint density at radius 3 is 1.10 bits per heavy atom. The van der Waals surface area contributed by atoms with Crippen LogP contribution in [0.15, 0.2) is 0 Å². The molecule has 0 aromatic carbocycles. The zero-order valence-corrected chi connectivity index (χ0v) is 56.4. The van der Waals surface area contributed by atoms with Gasteiger partial charge in [-0.25, -0.2) is 0 Å². The zero-order chi connectivity index (χ0) is 63.6. The first-order valence-corrected chi connectivity index (χ1v) is 33.0. The Labute approximate surface area is 506 Å². The summed E-state index contributed by atoms with van der Waals surface area (Å²) in [6.07, 6.45) is 36.5. The fourth-order valence-electron chi connectivity index (χ4n) is 8.27. The highest BCUT2D eigenvalue weighted by atomic mass is 16.5. The minimum atomic E-state index is -0.330. The molecule has 0 spiro atoms. The van der Waals surface area contributed by atoms with Gasteiger partial charge in [-0.1, -0.05) is 204 Å². The first kappa shape index (κ1) is 92.5. The van der Waals surface area contributed by atoms with E-state index in [1.54, 1.807) is 7.11 Å². The van der Waals surface area contributed by atoms with Gasteiger partial charge in [-0.05, 0) is 90.8 Å². The number of unbranched alkanes of at least 4 members (excludes halogenated alkanes) is 20. The summed E-state index contributed by atoms with van der Waals surface area (Å²) in [6, 6.07) is 0.528. The number of esters is 4. The molecule has 15 heteroatoms. The number of rotatable bonds is 44. The maximum Gasteiger partial charge on any atom is 0.306 e. The van der Waals surface area contributed by atoms with Crippen LogP contribution in [0.1, 0.15) is 294 Å². The molecule has 1 aliphatic heterocycles. The van der Waals surface area contributed by atoms with Crippen LogP contribution in [0.2, 0.25) is 0 Å². The molecule has 1 rings (SSSR count). The lowest BCUT2D eigenvalue weighted by atomic mass is 9.98. The molecule has 0 amide bonds. The quantitative estimate of drug-likeness (QED) is 0.0262. The lowest BCUT2D eigenvalue weighted by Gasteiger charge is -2.17. The molecule has 1 fully saturated rings. The Bertz CT molecular complexity index is 1210. The van der Waals surface area contributed by atoms with Gasteiger partial charge in [0.2, 0.25) is 0 Å². The van der Waals surface area contributed by atoms with E-state index in [9.17, 15) is 24.0 Å². The Hall–Kier alpha value is -3.27. The van der Waals surface area contributed by atoms with E-state index in [2.05, 4.69) is 51.9 Å². The molecule has 0 saturated carbocycles. The number of carbonyl (C=O) groups is 7. The van der Waals surface area contributed by atoms with Crippen molar-refractivity contribution < 1.29 is 62.0 Å². The van der Waals surface area contributed by atoms with Gasteiger partial charge in [0.15, 0.2) is 0 Å². The molecule has 15 nitrogen and oxygen atoms in total. The number of likely N-dealkylation sites (N-methyl/N-ethyl adjacent to an activating group) is 2. The van der Waals surface area contributed by atoms with Crippen molar-refractivity contribution in [3.63, 3.8) is 0 Å². The van der Waals surface area contributed by atoms with Crippen molar-refractivity contribution in [1.29, 1.82) is 0 Å². The average Bonchev–Trinajstić information content (AvgIpc) is 3.72. The van der Waals surface area contributed by atoms with Gasteiger partial charge in [0.1, 0.15) is 19.4 Å². The number of ether oxygens (including phenoxy) is 6. The summed E-state index contributed by atoms with van der Waals surface area (Å²) < 4.78 is 31.3. The SMILES string of the molecule is C=O.CC.CC.CC=O.CCC(COC)NC.CCCCCCCCOC(=O)CC(CC)CC(=O)OCCCCCCCC.CCCCCCCCOC(=O)CC(CC=O)CC(=O)OCCCCCCCC.COC1CCCCN(C)C1. The Morgan fingerprint density at radius 1 is 0.524 bits per heavy atom. The lowest BCUT2D eigenvalue weighted by Crippen LogP contribution is -2.28. The number of hydrogen-bond acceptors (Lipinski definition) is 15. The number of methoxy groups -OCH3 is 2. The third-order valence-electron chi connectivity index (χ3n) is 13.3. The third-order valence-corrected chi connectivity index (χ3v) is 13.3. The largest absolute Gasteiger partial charge is 0.466 e. The van der Waals surface area contributed by atoms with Crippen LogP contribution < -0.4 is 5.32 Å². The highest BCUT2D eigenvalue weighted by molar-refractivity contribution is 5.74. The number of nitrogens with zero attached hydrogens (tertiary/aromatic N) is 1. The van der Waals surface area contributed by atoms with Gasteiger partial charge in [0, 0.05) is 58.9 Å². The van der Waals surface area contributed by atoms with Crippen LogP contribution in [0.5, 0.6) is 0 Å². The molecule has 1 aliphatic rings. The predicted molar refractivity (Wildman–Crippen MR) is 342 cm³/mol. The Kier molecular flexibility index (Phi) is 94.9. The monoisotopic (exact) mass is 1180 g/mol. The minimum Gasteiger partial charge on any atom is -0.466 e. The summed E-state index contributed by atoms with van der Waals surface area (Å²) >= 11 is 0. The summed E-state index contributed by atoms with van der Waals surface area (Å²) in [7, 11) is 7.65. The fraction of sp³-hybridized carbons (Fsp3) is 0.896. The normalized spacial score (nSPS) is 12.7. The summed E-state index contributed by atoms with van der Waals surface area (Å²) in [5.41, 5.74) is 0. The van der Waals surface area contributed by atoms with Crippen LogP contribution in [0, 0.1) is 11.8 Å². The second-order valence-electron chi connectivity index (χ2n) is 20.5. The first-order chi connectivity index (χ1) is 39.9. The van der Waals surface area contributed by atoms with Gasteiger partial charge >= 0.3 is 23.9 Å². The number of likely N-dealkylation sites (tertiary alicyclic amines) is 1. The highest BCUT2D eigenvalue weighted by Gasteiger charge is 2.20. The fourth-order valence-corrected chi connectivity index (χ4v) is 8.27. The smallest absolute Gasteiger partial charge is 0.306 e. The van der Waals surface area contributed by atoms with Crippen LogP contribution in [-0.2, 0) is 62.0 Å². The molecular formula is C67H136N2O13. The van der Waals surface area contributed by atoms with Crippen LogP contribution in [0.4, 0.5) is 0 Å². The van der Waals surface area contributed by atoms with Crippen molar-refractivity contribution in [2.24, 2.45) is 11.8 Å². The second kappa shape index (κ2) is 84.2. The van der Waals surface area contributed by atoms with Crippen molar-refractivity contribution in [3.05, 3.63) is 0 Å². The molecule has 1 N–H and O–H groups in total. The van der Waals surface area contributed by atoms with Crippen LogP contribution in [0.3, 0.4) is 0 Å². The molecule has 82 heavy (non-hydrogen) atoms. The summed E-state index contributed by atoms with van der Waals surface area (Å²) in [5.74, 6) is -1.32. The van der Waals surface area contributed by atoms with Crippen molar-refractivity contribution >= 4 is 43.2 Å². The highest BCUT2D eigenvalue weighted by Crippen LogP contribution is 2.18. The molecule has 0 bridgehead atoms. The first-order valence-electron chi connectivity index (χ1n) is 33.0. The molecular weight excluding hydrogens is 1040 g/mol. The van der Waals surface area contributed by atoms with Gasteiger partial charge in [0.25, 0.3) is 0 Å². The van der Waals surface area contributed by atoms with Gasteiger partial charge < -0.3 is 53.0 Å². The van der Waals surface area contributed by atoms with Gasteiger partial charge in [-0.3, -0.25) is 19.2 Å². The number of carbonyl (C=O) groups excluding carboxylic acids is 7. The molecule has 0 aromatic rings.